The molecule has 6 nitrogen and oxygen atoms in total. The smallest absolute Gasteiger partial charge is 0.258 e. The predicted octanol–water partition coefficient (Wildman–Crippen LogP) is 2.14. The van der Waals surface area contributed by atoms with E-state index in [0.717, 1.165) is 15.6 Å². The highest BCUT2D eigenvalue weighted by Crippen LogP contribution is 2.20. The number of halogens is 1. The summed E-state index contributed by atoms with van der Waals surface area (Å²) >= 11 is 3.38. The van der Waals surface area contributed by atoms with Crippen LogP contribution in [0, 0.1) is 0 Å². The molecule has 3 rings (SSSR count). The maximum absolute atomic E-state index is 12.4. The molecule has 2 N–H and O–H groups in total. The van der Waals surface area contributed by atoms with Crippen LogP contribution in [0.3, 0.4) is 0 Å². The van der Waals surface area contributed by atoms with Crippen molar-refractivity contribution in [3.8, 4) is 5.88 Å². The van der Waals surface area contributed by atoms with Gasteiger partial charge in [0.15, 0.2) is 0 Å². The first-order valence-electron chi connectivity index (χ1n) is 7.15. The zero-order chi connectivity index (χ0) is 16.6. The minimum atomic E-state index is -0.293. The molecule has 0 aliphatic rings. The highest BCUT2D eigenvalue weighted by molar-refractivity contribution is 9.10. The number of aromatic amines is 1. The molecule has 0 fully saturated rings. The maximum atomic E-state index is 12.4. The third-order valence-electron chi connectivity index (χ3n) is 3.60. The van der Waals surface area contributed by atoms with Crippen molar-refractivity contribution in [3.63, 3.8) is 0 Å². The standard InChI is InChI=1S/C16H17BrN4O2/c1-20(2)9-11-8-18-21-14(11)19-15(22)13(16(21)23)7-10-3-5-12(17)6-4-10/h3-6,8,23H,7,9H2,1-2H3,(H,19,22). The molecule has 1 aromatic carbocycles. The van der Waals surface area contributed by atoms with Gasteiger partial charge in [0, 0.05) is 23.0 Å². The molecule has 0 unspecified atom stereocenters. The first-order valence-corrected chi connectivity index (χ1v) is 7.95. The Hall–Kier alpha value is -2.12. The highest BCUT2D eigenvalue weighted by atomic mass is 79.9. The Morgan fingerprint density at radius 2 is 2.00 bits per heavy atom. The molecular weight excluding hydrogens is 360 g/mol. The quantitative estimate of drug-likeness (QED) is 0.731. The van der Waals surface area contributed by atoms with E-state index in [-0.39, 0.29) is 11.4 Å². The van der Waals surface area contributed by atoms with Crippen LogP contribution in [0.2, 0.25) is 0 Å². The maximum Gasteiger partial charge on any atom is 0.258 e. The molecule has 0 saturated carbocycles. The van der Waals surface area contributed by atoms with E-state index in [0.29, 0.717) is 24.2 Å². The molecule has 2 heterocycles. The number of hydrogen-bond acceptors (Lipinski definition) is 4. The summed E-state index contributed by atoms with van der Waals surface area (Å²) < 4.78 is 2.35. The third kappa shape index (κ3) is 3.16. The van der Waals surface area contributed by atoms with Crippen LogP contribution < -0.4 is 5.56 Å². The number of nitrogens with one attached hydrogen (secondary N) is 1. The monoisotopic (exact) mass is 376 g/mol. The van der Waals surface area contributed by atoms with Crippen molar-refractivity contribution in [2.24, 2.45) is 0 Å². The van der Waals surface area contributed by atoms with Gasteiger partial charge >= 0.3 is 0 Å². The van der Waals surface area contributed by atoms with Gasteiger partial charge < -0.3 is 15.0 Å². The summed E-state index contributed by atoms with van der Waals surface area (Å²) in [6.07, 6.45) is 2.00. The molecule has 7 heteroatoms. The molecule has 0 spiro atoms. The van der Waals surface area contributed by atoms with Gasteiger partial charge in [-0.2, -0.15) is 9.61 Å². The number of H-pyrrole nitrogens is 1. The number of nitrogens with zero attached hydrogens (tertiary/aromatic N) is 3. The molecule has 3 aromatic rings. The Kier molecular flexibility index (Phi) is 4.23. The summed E-state index contributed by atoms with van der Waals surface area (Å²) in [6, 6.07) is 7.63. The van der Waals surface area contributed by atoms with Crippen LogP contribution in [0.1, 0.15) is 16.7 Å². The summed E-state index contributed by atoms with van der Waals surface area (Å²) in [4.78, 5) is 17.2. The van der Waals surface area contributed by atoms with E-state index < -0.39 is 0 Å². The van der Waals surface area contributed by atoms with E-state index >= 15 is 0 Å². The topological polar surface area (TPSA) is 73.6 Å². The SMILES string of the molecule is CN(C)Cc1cnn2c(O)c(Cc3ccc(Br)cc3)c(=O)[nH]c12. The lowest BCUT2D eigenvalue weighted by Gasteiger charge is -2.09. The van der Waals surface area contributed by atoms with Crippen molar-refractivity contribution in [2.75, 3.05) is 14.1 Å². The second kappa shape index (κ2) is 6.17. The fourth-order valence-electron chi connectivity index (χ4n) is 2.51. The molecule has 120 valence electrons. The minimum Gasteiger partial charge on any atom is -0.493 e. The first kappa shape index (κ1) is 15.8. The summed E-state index contributed by atoms with van der Waals surface area (Å²) in [6.45, 7) is 0.630. The number of aromatic hydroxyl groups is 1. The van der Waals surface area contributed by atoms with Crippen molar-refractivity contribution < 1.29 is 5.11 Å². The average molecular weight is 377 g/mol. The molecule has 0 saturated heterocycles. The molecule has 2 aromatic heterocycles. The lowest BCUT2D eigenvalue weighted by molar-refractivity contribution is 0.403. The van der Waals surface area contributed by atoms with Gasteiger partial charge in [0.1, 0.15) is 5.65 Å². The fraction of sp³-hybridized carbons (Fsp3) is 0.250. The van der Waals surface area contributed by atoms with Crippen LogP contribution in [0.25, 0.3) is 5.65 Å². The summed E-state index contributed by atoms with van der Waals surface area (Å²) in [5, 5.41) is 14.6. The summed E-state index contributed by atoms with van der Waals surface area (Å²) in [5.74, 6) is -0.114. The largest absolute Gasteiger partial charge is 0.493 e. The van der Waals surface area contributed by atoms with Crippen molar-refractivity contribution in [3.05, 3.63) is 62.0 Å². The second-order valence-electron chi connectivity index (χ2n) is 5.73. The summed E-state index contributed by atoms with van der Waals surface area (Å²) in [7, 11) is 3.87. The van der Waals surface area contributed by atoms with E-state index in [9.17, 15) is 9.90 Å². The summed E-state index contributed by atoms with van der Waals surface area (Å²) in [5.41, 5.74) is 2.34. The van der Waals surface area contributed by atoms with Gasteiger partial charge in [0.2, 0.25) is 5.88 Å². The molecule has 0 amide bonds. The van der Waals surface area contributed by atoms with Crippen LogP contribution in [0.15, 0.2) is 39.7 Å². The van der Waals surface area contributed by atoms with Crippen LogP contribution in [0.4, 0.5) is 0 Å². The predicted molar refractivity (Wildman–Crippen MR) is 91.8 cm³/mol. The minimum absolute atomic E-state index is 0.114. The Morgan fingerprint density at radius 3 is 2.65 bits per heavy atom. The van der Waals surface area contributed by atoms with E-state index in [1.54, 1.807) is 6.20 Å². The van der Waals surface area contributed by atoms with Gasteiger partial charge in [-0.3, -0.25) is 4.79 Å². The molecule has 23 heavy (non-hydrogen) atoms. The fourth-order valence-corrected chi connectivity index (χ4v) is 2.77. The van der Waals surface area contributed by atoms with E-state index in [1.165, 1.54) is 4.52 Å². The Labute approximate surface area is 141 Å². The Balaban J connectivity index is 2.05. The van der Waals surface area contributed by atoms with Crippen molar-refractivity contribution in [1.29, 1.82) is 0 Å². The molecule has 0 aliphatic carbocycles. The van der Waals surface area contributed by atoms with Gasteiger partial charge in [-0.15, -0.1) is 0 Å². The molecule has 0 radical (unpaired) electrons. The first-order chi connectivity index (χ1) is 11.0. The lowest BCUT2D eigenvalue weighted by atomic mass is 10.1. The molecule has 0 atom stereocenters. The van der Waals surface area contributed by atoms with Crippen molar-refractivity contribution >= 4 is 21.6 Å². The Morgan fingerprint density at radius 1 is 1.30 bits per heavy atom. The van der Waals surface area contributed by atoms with Gasteiger partial charge in [-0.05, 0) is 31.8 Å². The number of hydrogen-bond donors (Lipinski definition) is 2. The van der Waals surface area contributed by atoms with Gasteiger partial charge in [0.25, 0.3) is 5.56 Å². The van der Waals surface area contributed by atoms with Crippen molar-refractivity contribution in [1.82, 2.24) is 19.5 Å². The van der Waals surface area contributed by atoms with E-state index in [2.05, 4.69) is 26.0 Å². The normalized spacial score (nSPS) is 11.5. The molecule has 0 bridgehead atoms. The zero-order valence-electron chi connectivity index (χ0n) is 12.9. The van der Waals surface area contributed by atoms with E-state index in [1.807, 2.05) is 43.3 Å². The molecular formula is C16H17BrN4O2. The van der Waals surface area contributed by atoms with Crippen LogP contribution in [-0.2, 0) is 13.0 Å². The number of rotatable bonds is 4. The number of fused-ring (bicyclic) bond motifs is 1. The number of aromatic nitrogens is 3. The Bertz CT molecular complexity index is 897. The van der Waals surface area contributed by atoms with Crippen LogP contribution >= 0.6 is 15.9 Å². The van der Waals surface area contributed by atoms with Gasteiger partial charge in [-0.1, -0.05) is 28.1 Å². The molecule has 0 aliphatic heterocycles. The average Bonchev–Trinajstić information content (AvgIpc) is 2.88. The van der Waals surface area contributed by atoms with Crippen LogP contribution in [0.5, 0.6) is 5.88 Å². The van der Waals surface area contributed by atoms with Gasteiger partial charge in [0.05, 0.1) is 11.8 Å². The van der Waals surface area contributed by atoms with Crippen molar-refractivity contribution in [2.45, 2.75) is 13.0 Å². The lowest BCUT2D eigenvalue weighted by Crippen LogP contribution is -2.17. The van der Waals surface area contributed by atoms with E-state index in [4.69, 9.17) is 0 Å². The number of benzene rings is 1. The van der Waals surface area contributed by atoms with Crippen LogP contribution in [-0.4, -0.2) is 38.7 Å². The third-order valence-corrected chi connectivity index (χ3v) is 4.13. The highest BCUT2D eigenvalue weighted by Gasteiger charge is 2.16. The second-order valence-corrected chi connectivity index (χ2v) is 6.64. The zero-order valence-corrected chi connectivity index (χ0v) is 14.5. The van der Waals surface area contributed by atoms with Gasteiger partial charge in [-0.25, -0.2) is 0 Å².